The average molecular weight is 753 g/mol. The zero-order valence-electron chi connectivity index (χ0n) is 36.7. The molecule has 1 aliphatic heterocycles. The summed E-state index contributed by atoms with van der Waals surface area (Å²) in [6.07, 6.45) is 18.0. The maximum absolute atomic E-state index is 13.2. The molecule has 3 heterocycles. The monoisotopic (exact) mass is 753 g/mol. The van der Waals surface area contributed by atoms with Crippen LogP contribution in [0, 0.1) is 33.1 Å². The van der Waals surface area contributed by atoms with Crippen molar-refractivity contribution in [1.82, 2.24) is 14.9 Å². The van der Waals surface area contributed by atoms with Gasteiger partial charge in [0.15, 0.2) is 0 Å². The van der Waals surface area contributed by atoms with Crippen molar-refractivity contribution >= 4 is 23.9 Å². The number of nitrogens with two attached hydrogens (primary N) is 2. The van der Waals surface area contributed by atoms with Crippen LogP contribution >= 0.6 is 0 Å². The van der Waals surface area contributed by atoms with Crippen molar-refractivity contribution in [3.8, 4) is 12.3 Å². The van der Waals surface area contributed by atoms with Crippen LogP contribution in [0.3, 0.4) is 0 Å². The average Bonchev–Trinajstić information content (AvgIpc) is 4.16. The van der Waals surface area contributed by atoms with E-state index in [1.807, 2.05) is 66.0 Å². The number of rotatable bonds is 11. The third kappa shape index (κ3) is 17.1. The Kier molecular flexibility index (Phi) is 27.4. The van der Waals surface area contributed by atoms with Crippen LogP contribution in [0.2, 0.25) is 0 Å². The molecule has 5 rings (SSSR count). The van der Waals surface area contributed by atoms with Crippen molar-refractivity contribution in [3.63, 3.8) is 0 Å². The van der Waals surface area contributed by atoms with Crippen molar-refractivity contribution in [2.75, 3.05) is 18.8 Å². The number of carbonyl (C=O) groups excluding carboxylic acids is 1. The molecule has 3 aromatic rings. The van der Waals surface area contributed by atoms with Gasteiger partial charge >= 0.3 is 0 Å². The minimum Gasteiger partial charge on any atom is -0.398 e. The van der Waals surface area contributed by atoms with Crippen LogP contribution < -0.4 is 16.8 Å². The van der Waals surface area contributed by atoms with Gasteiger partial charge in [0.25, 0.3) is 5.91 Å². The number of hydrogen-bond donors (Lipinski definition) is 3. The quantitative estimate of drug-likeness (QED) is 0.0613. The van der Waals surface area contributed by atoms with E-state index < -0.39 is 0 Å². The van der Waals surface area contributed by atoms with E-state index in [1.165, 1.54) is 22.4 Å². The number of allylic oxidation sites excluding steroid dienone is 1. The summed E-state index contributed by atoms with van der Waals surface area (Å²) in [6, 6.07) is 8.49. The van der Waals surface area contributed by atoms with E-state index in [0.29, 0.717) is 29.8 Å². The van der Waals surface area contributed by atoms with E-state index in [1.54, 1.807) is 6.08 Å². The predicted octanol–water partition coefficient (Wildman–Crippen LogP) is 11.3. The van der Waals surface area contributed by atoms with Gasteiger partial charge in [-0.05, 0) is 118 Å². The van der Waals surface area contributed by atoms with Crippen molar-refractivity contribution in [2.24, 2.45) is 10.7 Å². The van der Waals surface area contributed by atoms with E-state index in [9.17, 15) is 4.79 Å². The molecule has 1 amide bonds. The summed E-state index contributed by atoms with van der Waals surface area (Å²) in [5, 5.41) is 3.21. The fraction of sp³-hybridized carbons (Fsp3) is 0.479. The maximum Gasteiger partial charge on any atom is 0.251 e. The largest absolute Gasteiger partial charge is 0.398 e. The minimum atomic E-state index is -0.246. The summed E-state index contributed by atoms with van der Waals surface area (Å²) < 4.78 is 2.19. The van der Waals surface area contributed by atoms with Crippen molar-refractivity contribution in [2.45, 2.75) is 139 Å². The molecule has 55 heavy (non-hydrogen) atoms. The van der Waals surface area contributed by atoms with E-state index in [-0.39, 0.29) is 11.3 Å². The SMILES string of the molecule is C#C/C=C\c1ccn2c1C2.C=C.C=C.CC.CC.CCCC(C)(CNC(=O)c1cc(C)c(N)c(C=NC2CC2)c1)c1cc(C(C)CC)c(C)c(C)n1.CCN. The van der Waals surface area contributed by atoms with Gasteiger partial charge in [0, 0.05) is 58.3 Å². The molecule has 0 radical (unpaired) electrons. The number of nitrogen functional groups attached to an aromatic ring is 1. The van der Waals surface area contributed by atoms with Crippen molar-refractivity contribution in [3.05, 3.63) is 113 Å². The van der Waals surface area contributed by atoms with Gasteiger partial charge in [-0.3, -0.25) is 14.8 Å². The first-order valence-corrected chi connectivity index (χ1v) is 20.1. The summed E-state index contributed by atoms with van der Waals surface area (Å²) in [6.45, 7) is 39.4. The highest BCUT2D eigenvalue weighted by Gasteiger charge is 2.30. The normalized spacial score (nSPS) is 13.2. The molecule has 0 spiro atoms. The number of nitrogens with one attached hydrogen (secondary N) is 1. The summed E-state index contributed by atoms with van der Waals surface area (Å²) in [5.41, 5.74) is 21.3. The molecule has 2 aliphatic rings. The van der Waals surface area contributed by atoms with Crippen LogP contribution in [-0.2, 0) is 12.0 Å². The maximum atomic E-state index is 13.2. The molecule has 304 valence electrons. The van der Waals surface area contributed by atoms with E-state index in [4.69, 9.17) is 22.9 Å². The fourth-order valence-electron chi connectivity index (χ4n) is 5.59. The van der Waals surface area contributed by atoms with E-state index >= 15 is 0 Å². The lowest BCUT2D eigenvalue weighted by atomic mass is 9.79. The second kappa shape index (κ2) is 28.7. The molecule has 0 bridgehead atoms. The Balaban J connectivity index is 0. The second-order valence-electron chi connectivity index (χ2n) is 13.2. The van der Waals surface area contributed by atoms with Crippen LogP contribution in [-0.4, -0.2) is 40.8 Å². The lowest BCUT2D eigenvalue weighted by Crippen LogP contribution is -2.39. The second-order valence-corrected chi connectivity index (χ2v) is 13.2. The number of nitrogens with zero attached hydrogens (tertiary/aromatic N) is 3. The number of aliphatic imine (C=N–C) groups is 1. The number of aromatic nitrogens is 2. The third-order valence-corrected chi connectivity index (χ3v) is 9.10. The molecule has 1 aromatic carbocycles. The van der Waals surface area contributed by atoms with Crippen LogP contribution in [0.25, 0.3) is 6.08 Å². The van der Waals surface area contributed by atoms with Crippen molar-refractivity contribution < 1.29 is 4.79 Å². The number of fused-ring (bicyclic) bond motifs is 1. The van der Waals surface area contributed by atoms with Crippen LogP contribution in [0.1, 0.15) is 156 Å². The van der Waals surface area contributed by atoms with Gasteiger partial charge in [-0.1, -0.05) is 74.7 Å². The van der Waals surface area contributed by atoms with Gasteiger partial charge in [0.05, 0.1) is 12.6 Å². The standard InChI is InChI=1S/C29H42N4O.C9H7N.C2H7N.2C2H6.2C2H4/c1-8-12-29(7,26-15-25(18(3)9-2)20(5)21(6)33-26)17-32-28(34)22-13-19(4)27(30)23(14-22)16-31-24-10-11-24;1-2-3-4-8-5-6-10-7-9(8)10;1-2-3;4*1-2/h13-16,18,24H,8-12,17,30H2,1-7H3,(H,32,34);1,3-6H,7H2;2-3H2,1H3;2*1-2H3;2*1-2H2/b;4-3-;;;;;. The lowest BCUT2D eigenvalue weighted by molar-refractivity contribution is 0.0942. The zero-order chi connectivity index (χ0) is 42.7. The number of hydrogen-bond acceptors (Lipinski definition) is 5. The number of aryl methyl sites for hydroxylation is 2. The molecule has 2 atom stereocenters. The Morgan fingerprint density at radius 3 is 2.16 bits per heavy atom. The highest BCUT2D eigenvalue weighted by Crippen LogP contribution is 2.33. The highest BCUT2D eigenvalue weighted by atomic mass is 16.1. The molecule has 0 saturated heterocycles. The Labute approximate surface area is 336 Å². The Hall–Kier alpha value is -4.67. The Morgan fingerprint density at radius 2 is 1.69 bits per heavy atom. The van der Waals surface area contributed by atoms with E-state index in [2.05, 4.69) is 107 Å². The van der Waals surface area contributed by atoms with Gasteiger partial charge in [0.1, 0.15) is 0 Å². The summed E-state index contributed by atoms with van der Waals surface area (Å²) in [7, 11) is 0. The molecule has 1 aliphatic carbocycles. The van der Waals surface area contributed by atoms with Gasteiger partial charge in [0.2, 0.25) is 0 Å². The topological polar surface area (TPSA) is 111 Å². The zero-order valence-corrected chi connectivity index (χ0v) is 36.7. The first-order valence-electron chi connectivity index (χ1n) is 20.1. The molecular formula is C48H76N6O. The van der Waals surface area contributed by atoms with Crippen LogP contribution in [0.15, 0.2) is 67.8 Å². The number of amides is 1. The van der Waals surface area contributed by atoms with Gasteiger partial charge in [-0.25, -0.2) is 0 Å². The smallest absolute Gasteiger partial charge is 0.251 e. The Morgan fingerprint density at radius 1 is 1.09 bits per heavy atom. The summed E-state index contributed by atoms with van der Waals surface area (Å²) in [4.78, 5) is 22.8. The van der Waals surface area contributed by atoms with Gasteiger partial charge in [-0.15, -0.1) is 32.7 Å². The first-order chi connectivity index (χ1) is 26.4. The van der Waals surface area contributed by atoms with E-state index in [0.717, 1.165) is 67.7 Å². The predicted molar refractivity (Wildman–Crippen MR) is 245 cm³/mol. The third-order valence-electron chi connectivity index (χ3n) is 9.10. The highest BCUT2D eigenvalue weighted by molar-refractivity contribution is 5.98. The molecule has 5 N–H and O–H groups in total. The number of pyridine rings is 1. The first kappa shape index (κ1) is 52.4. The molecule has 7 heteroatoms. The van der Waals surface area contributed by atoms with Crippen LogP contribution in [0.4, 0.5) is 5.69 Å². The fourth-order valence-corrected chi connectivity index (χ4v) is 5.59. The summed E-state index contributed by atoms with van der Waals surface area (Å²) in [5.74, 6) is 2.86. The van der Waals surface area contributed by atoms with Gasteiger partial charge < -0.3 is 21.4 Å². The molecule has 2 unspecified atom stereocenters. The van der Waals surface area contributed by atoms with Crippen LogP contribution in [0.5, 0.6) is 0 Å². The lowest BCUT2D eigenvalue weighted by Gasteiger charge is -2.31. The number of terminal acetylenes is 1. The molecule has 1 fully saturated rings. The minimum absolute atomic E-state index is 0.0857. The van der Waals surface area contributed by atoms with Crippen molar-refractivity contribution in [1.29, 1.82) is 0 Å². The molecule has 1 saturated carbocycles. The molecule has 2 aromatic heterocycles. The molecule has 7 nitrogen and oxygen atoms in total. The summed E-state index contributed by atoms with van der Waals surface area (Å²) >= 11 is 0. The number of benzene rings is 1. The Bertz CT molecular complexity index is 1650. The van der Waals surface area contributed by atoms with Gasteiger partial charge in [-0.2, -0.15) is 0 Å². The number of carbonyl (C=O) groups is 1. The number of anilines is 1. The molecular weight excluding hydrogens is 677 g/mol.